The lowest BCUT2D eigenvalue weighted by molar-refractivity contribution is -0.248. The molecule has 2 bridgehead atoms. The Balaban J connectivity index is 1.52. The summed E-state index contributed by atoms with van der Waals surface area (Å²) >= 11 is 0. The number of benzene rings is 1. The molecule has 0 spiro atoms. The van der Waals surface area contributed by atoms with Crippen LogP contribution in [-0.4, -0.2) is 24.1 Å². The first kappa shape index (κ1) is 15.6. The molecular formula is C20H28O3. The Hall–Kier alpha value is -0.900. The van der Waals surface area contributed by atoms with E-state index in [0.29, 0.717) is 24.5 Å². The van der Waals surface area contributed by atoms with E-state index < -0.39 is 5.79 Å². The first-order valence-electron chi connectivity index (χ1n) is 8.83. The summed E-state index contributed by atoms with van der Waals surface area (Å²) in [6.07, 6.45) is 2.52. The van der Waals surface area contributed by atoms with Crippen LogP contribution in [0.15, 0.2) is 30.3 Å². The smallest absolute Gasteiger partial charge is 0.164 e. The zero-order valence-corrected chi connectivity index (χ0v) is 14.7. The molecule has 1 saturated heterocycles. The zero-order chi connectivity index (χ0) is 16.3. The summed E-state index contributed by atoms with van der Waals surface area (Å²) in [4.78, 5) is 0. The topological polar surface area (TPSA) is 27.7 Å². The molecule has 0 amide bonds. The summed E-state index contributed by atoms with van der Waals surface area (Å²) in [5, 5.41) is 0. The molecule has 1 aromatic rings. The van der Waals surface area contributed by atoms with Crippen molar-refractivity contribution >= 4 is 0 Å². The fourth-order valence-electron chi connectivity index (χ4n) is 5.16. The van der Waals surface area contributed by atoms with Gasteiger partial charge in [0.2, 0.25) is 0 Å². The third-order valence-electron chi connectivity index (χ3n) is 6.41. The van der Waals surface area contributed by atoms with Gasteiger partial charge in [-0.3, -0.25) is 0 Å². The second-order valence-corrected chi connectivity index (χ2v) is 8.58. The Kier molecular flexibility index (Phi) is 3.43. The molecule has 0 N–H and O–H groups in total. The molecule has 0 unspecified atom stereocenters. The highest BCUT2D eigenvalue weighted by Gasteiger charge is 2.70. The molecule has 0 radical (unpaired) electrons. The Bertz CT molecular complexity index is 580. The van der Waals surface area contributed by atoms with E-state index in [1.54, 1.807) is 0 Å². The first-order valence-corrected chi connectivity index (χ1v) is 8.83. The molecule has 0 aromatic heterocycles. The highest BCUT2D eigenvalue weighted by molar-refractivity contribution is 5.18. The highest BCUT2D eigenvalue weighted by Crippen LogP contribution is 2.67. The van der Waals surface area contributed by atoms with Gasteiger partial charge in [-0.05, 0) is 49.5 Å². The Labute approximate surface area is 139 Å². The number of hydrogen-bond acceptors (Lipinski definition) is 3. The molecule has 3 aliphatic carbocycles. The molecule has 1 heterocycles. The van der Waals surface area contributed by atoms with Crippen LogP contribution in [0, 0.1) is 17.3 Å². The van der Waals surface area contributed by atoms with Crippen LogP contribution in [0.25, 0.3) is 0 Å². The van der Waals surface area contributed by atoms with Gasteiger partial charge in [0.05, 0.1) is 19.3 Å². The average molecular weight is 316 g/mol. The Morgan fingerprint density at radius 3 is 2.52 bits per heavy atom. The van der Waals surface area contributed by atoms with Crippen LogP contribution in [0.2, 0.25) is 0 Å². The maximum Gasteiger partial charge on any atom is 0.164 e. The van der Waals surface area contributed by atoms with E-state index in [0.717, 1.165) is 12.3 Å². The maximum atomic E-state index is 6.52. The van der Waals surface area contributed by atoms with Crippen molar-refractivity contribution in [2.24, 2.45) is 17.3 Å². The van der Waals surface area contributed by atoms with Crippen LogP contribution < -0.4 is 0 Å². The van der Waals surface area contributed by atoms with Gasteiger partial charge in [-0.25, -0.2) is 0 Å². The monoisotopic (exact) mass is 316 g/mol. The largest absolute Gasteiger partial charge is 0.374 e. The molecular weight excluding hydrogens is 288 g/mol. The number of ether oxygens (including phenoxy) is 3. The minimum absolute atomic E-state index is 0.171. The van der Waals surface area contributed by atoms with E-state index in [1.807, 2.05) is 19.9 Å². The number of rotatable bonds is 4. The van der Waals surface area contributed by atoms with Gasteiger partial charge in [0.15, 0.2) is 5.79 Å². The predicted molar refractivity (Wildman–Crippen MR) is 88.9 cm³/mol. The lowest BCUT2D eigenvalue weighted by Gasteiger charge is -2.64. The van der Waals surface area contributed by atoms with E-state index in [1.165, 1.54) is 12.0 Å². The van der Waals surface area contributed by atoms with Crippen LogP contribution in [0.4, 0.5) is 0 Å². The van der Waals surface area contributed by atoms with Crippen molar-refractivity contribution in [3.63, 3.8) is 0 Å². The molecule has 3 heteroatoms. The van der Waals surface area contributed by atoms with Crippen LogP contribution in [0.3, 0.4) is 0 Å². The minimum atomic E-state index is -0.506. The molecule has 5 rings (SSSR count). The number of hydrogen-bond donors (Lipinski definition) is 0. The van der Waals surface area contributed by atoms with Crippen molar-refractivity contribution in [1.29, 1.82) is 0 Å². The van der Waals surface area contributed by atoms with E-state index in [2.05, 4.69) is 38.1 Å². The molecule has 1 aliphatic heterocycles. The molecule has 23 heavy (non-hydrogen) atoms. The van der Waals surface area contributed by atoms with E-state index >= 15 is 0 Å². The molecule has 4 atom stereocenters. The van der Waals surface area contributed by atoms with Gasteiger partial charge in [0, 0.05) is 0 Å². The van der Waals surface area contributed by atoms with Crippen molar-refractivity contribution in [3.05, 3.63) is 35.9 Å². The second-order valence-electron chi connectivity index (χ2n) is 8.58. The van der Waals surface area contributed by atoms with Crippen molar-refractivity contribution in [2.75, 3.05) is 6.61 Å². The zero-order valence-electron chi connectivity index (χ0n) is 14.7. The van der Waals surface area contributed by atoms with Gasteiger partial charge < -0.3 is 14.2 Å². The van der Waals surface area contributed by atoms with Crippen LogP contribution >= 0.6 is 0 Å². The van der Waals surface area contributed by atoms with Crippen LogP contribution in [0.1, 0.15) is 46.1 Å². The third-order valence-corrected chi connectivity index (χ3v) is 6.41. The molecule has 3 nitrogen and oxygen atoms in total. The lowest BCUT2D eigenvalue weighted by Crippen LogP contribution is -2.68. The minimum Gasteiger partial charge on any atom is -0.374 e. The van der Waals surface area contributed by atoms with E-state index in [-0.39, 0.29) is 11.7 Å². The molecule has 4 aliphatic rings. The highest BCUT2D eigenvalue weighted by atomic mass is 16.8. The summed E-state index contributed by atoms with van der Waals surface area (Å²) in [5.41, 5.74) is 1.26. The van der Waals surface area contributed by atoms with Gasteiger partial charge >= 0.3 is 0 Å². The summed E-state index contributed by atoms with van der Waals surface area (Å²) < 4.78 is 18.9. The first-order chi connectivity index (χ1) is 10.8. The van der Waals surface area contributed by atoms with Gasteiger partial charge in [-0.2, -0.15) is 0 Å². The van der Waals surface area contributed by atoms with Crippen LogP contribution in [-0.2, 0) is 20.8 Å². The lowest BCUT2D eigenvalue weighted by atomic mass is 9.43. The molecule has 1 aromatic carbocycles. The Morgan fingerprint density at radius 1 is 1.09 bits per heavy atom. The summed E-state index contributed by atoms with van der Waals surface area (Å²) in [6, 6.07) is 10.4. The summed E-state index contributed by atoms with van der Waals surface area (Å²) in [7, 11) is 0. The van der Waals surface area contributed by atoms with Gasteiger partial charge in [0.25, 0.3) is 0 Å². The summed E-state index contributed by atoms with van der Waals surface area (Å²) in [5.74, 6) is 0.780. The molecule has 126 valence electrons. The van der Waals surface area contributed by atoms with Crippen LogP contribution in [0.5, 0.6) is 0 Å². The predicted octanol–water partition coefficient (Wildman–Crippen LogP) is 4.16. The SMILES string of the molecule is CC1(C)O[C@H]2C[C@H]3C[C@H](C3(C)C)[C@@]2(COCc2ccccc2)O1. The fraction of sp³-hybridized carbons (Fsp3) is 0.700. The van der Waals surface area contributed by atoms with Gasteiger partial charge in [0.1, 0.15) is 5.60 Å². The van der Waals surface area contributed by atoms with Crippen molar-refractivity contribution < 1.29 is 14.2 Å². The average Bonchev–Trinajstić information content (AvgIpc) is 2.77. The van der Waals surface area contributed by atoms with Gasteiger partial charge in [-0.15, -0.1) is 0 Å². The molecule has 4 fully saturated rings. The van der Waals surface area contributed by atoms with Gasteiger partial charge in [-0.1, -0.05) is 44.2 Å². The standard InChI is InChI=1S/C20H28O3/c1-18(2)15-10-16(18)20(17(11-15)22-19(3,4)23-20)13-21-12-14-8-6-5-7-9-14/h5-9,15-17H,10-13H2,1-4H3/t15-,16-,17+,20-/m1/s1. The molecule has 3 saturated carbocycles. The normalized spacial score (nSPS) is 39.6. The Morgan fingerprint density at radius 2 is 1.83 bits per heavy atom. The van der Waals surface area contributed by atoms with Crippen molar-refractivity contribution in [1.82, 2.24) is 0 Å². The fourth-order valence-corrected chi connectivity index (χ4v) is 5.16. The van der Waals surface area contributed by atoms with Crippen molar-refractivity contribution in [2.45, 2.75) is 64.6 Å². The van der Waals surface area contributed by atoms with Crippen molar-refractivity contribution in [3.8, 4) is 0 Å². The second kappa shape index (κ2) is 5.05. The maximum absolute atomic E-state index is 6.52. The van der Waals surface area contributed by atoms with E-state index in [9.17, 15) is 0 Å². The quantitative estimate of drug-likeness (QED) is 0.835. The summed E-state index contributed by atoms with van der Waals surface area (Å²) in [6.45, 7) is 10.1. The third kappa shape index (κ3) is 2.36. The van der Waals surface area contributed by atoms with E-state index in [4.69, 9.17) is 14.2 Å².